The molecule has 1 aliphatic heterocycles. The zero-order valence-electron chi connectivity index (χ0n) is 14.3. The fourth-order valence-electron chi connectivity index (χ4n) is 2.91. The van der Waals surface area contributed by atoms with Crippen molar-refractivity contribution in [3.63, 3.8) is 0 Å². The Kier molecular flexibility index (Phi) is 3.67. The fraction of sp³-hybridized carbons (Fsp3) is 0.471. The van der Waals surface area contributed by atoms with Crippen molar-refractivity contribution < 1.29 is 14.1 Å². The van der Waals surface area contributed by atoms with Gasteiger partial charge in [-0.15, -0.1) is 0 Å². The molecule has 1 saturated heterocycles. The van der Waals surface area contributed by atoms with Gasteiger partial charge in [-0.25, -0.2) is 0 Å². The largest absolute Gasteiger partial charge is 0.480 e. The van der Waals surface area contributed by atoms with Crippen molar-refractivity contribution in [2.24, 2.45) is 5.73 Å². The molecule has 1 aromatic heterocycles. The number of hydrogen-bond donors (Lipinski definition) is 1. The minimum atomic E-state index is -0.550. The summed E-state index contributed by atoms with van der Waals surface area (Å²) in [7, 11) is -0.550. The number of benzene rings is 1. The number of nitrogens with two attached hydrogens (primary N) is 1. The number of rotatable bonds is 2. The third-order valence-corrected chi connectivity index (χ3v) is 5.01. The molecule has 0 spiro atoms. The zero-order valence-corrected chi connectivity index (χ0v) is 14.3. The van der Waals surface area contributed by atoms with Gasteiger partial charge in [-0.2, -0.15) is 0 Å². The van der Waals surface area contributed by atoms with Crippen LogP contribution in [0.1, 0.15) is 50.9 Å². The highest BCUT2D eigenvalue weighted by Crippen LogP contribution is 2.40. The second kappa shape index (κ2) is 5.19. The Morgan fingerprint density at radius 1 is 1.17 bits per heavy atom. The first-order valence-electron chi connectivity index (χ1n) is 7.86. The molecule has 0 radical (unpaired) electrons. The van der Waals surface area contributed by atoms with E-state index in [0.717, 1.165) is 16.5 Å². The lowest BCUT2D eigenvalue weighted by Crippen LogP contribution is -2.41. The topological polar surface area (TPSA) is 66.5 Å². The second-order valence-corrected chi connectivity index (χ2v) is 7.14. The first-order chi connectivity index (χ1) is 10.6. The number of nitrogens with zero attached hydrogens (tertiary/aromatic N) is 1. The SMILES string of the molecule is CC(=O)n1cc([C@@H](N)B2OC(C)(C)C(C)(C)O2)c2ccccc21. The number of carbonyl (C=O) groups excluding carboxylic acids is 1. The standard InChI is InChI=1S/C17H23BN2O3/c1-11(21)20-10-13(12-8-6-7-9-14(12)20)15(19)18-22-16(2,3)17(4,5)23-18/h6-10,15H,19H2,1-5H3/t15-/m1/s1. The normalized spacial score (nSPS) is 20.9. The molecule has 2 N–H and O–H groups in total. The maximum absolute atomic E-state index is 11.9. The van der Waals surface area contributed by atoms with Crippen LogP contribution < -0.4 is 5.73 Å². The fourth-order valence-corrected chi connectivity index (χ4v) is 2.91. The molecule has 3 rings (SSSR count). The predicted octanol–water partition coefficient (Wildman–Crippen LogP) is 2.93. The summed E-state index contributed by atoms with van der Waals surface area (Å²) in [4.78, 5) is 11.9. The van der Waals surface area contributed by atoms with Crippen molar-refractivity contribution in [3.8, 4) is 0 Å². The molecule has 122 valence electrons. The van der Waals surface area contributed by atoms with E-state index in [1.807, 2.05) is 52.0 Å². The molecule has 5 nitrogen and oxygen atoms in total. The summed E-state index contributed by atoms with van der Waals surface area (Å²) in [6.07, 6.45) is 1.79. The first-order valence-corrected chi connectivity index (χ1v) is 7.86. The number of fused-ring (bicyclic) bond motifs is 1. The first kappa shape index (κ1) is 16.2. The summed E-state index contributed by atoms with van der Waals surface area (Å²) < 4.78 is 13.7. The maximum atomic E-state index is 11.9. The van der Waals surface area contributed by atoms with E-state index in [1.165, 1.54) is 6.92 Å². The van der Waals surface area contributed by atoms with Crippen LogP contribution in [0, 0.1) is 0 Å². The Labute approximate surface area is 136 Å². The second-order valence-electron chi connectivity index (χ2n) is 7.14. The zero-order chi connectivity index (χ0) is 17.0. The summed E-state index contributed by atoms with van der Waals surface area (Å²) in [5.74, 6) is -0.518. The summed E-state index contributed by atoms with van der Waals surface area (Å²) in [6.45, 7) is 9.53. The third-order valence-electron chi connectivity index (χ3n) is 5.01. The van der Waals surface area contributed by atoms with E-state index in [-0.39, 0.29) is 5.91 Å². The molecule has 1 aliphatic rings. The van der Waals surface area contributed by atoms with E-state index in [9.17, 15) is 4.79 Å². The summed E-state index contributed by atoms with van der Waals surface area (Å²) >= 11 is 0. The number of hydrogen-bond acceptors (Lipinski definition) is 4. The van der Waals surface area contributed by atoms with E-state index in [2.05, 4.69) is 0 Å². The lowest BCUT2D eigenvalue weighted by molar-refractivity contribution is 0.00578. The predicted molar refractivity (Wildman–Crippen MR) is 91.2 cm³/mol. The van der Waals surface area contributed by atoms with E-state index >= 15 is 0 Å². The molecule has 0 amide bonds. The van der Waals surface area contributed by atoms with E-state index in [0.29, 0.717) is 0 Å². The van der Waals surface area contributed by atoms with Gasteiger partial charge in [0.2, 0.25) is 5.91 Å². The smallest absolute Gasteiger partial charge is 0.402 e. The molecule has 0 unspecified atom stereocenters. The molecular formula is C17H23BN2O3. The Morgan fingerprint density at radius 3 is 2.30 bits per heavy atom. The van der Waals surface area contributed by atoms with Gasteiger partial charge in [0.15, 0.2) is 0 Å². The Bertz CT molecular complexity index is 750. The van der Waals surface area contributed by atoms with Crippen LogP contribution in [0.5, 0.6) is 0 Å². The number of para-hydroxylation sites is 1. The molecule has 1 fully saturated rings. The van der Waals surface area contributed by atoms with Gasteiger partial charge in [-0.1, -0.05) is 18.2 Å². The molecule has 23 heavy (non-hydrogen) atoms. The van der Waals surface area contributed by atoms with E-state index < -0.39 is 24.3 Å². The highest BCUT2D eigenvalue weighted by Gasteiger charge is 2.53. The molecule has 0 bridgehead atoms. The van der Waals surface area contributed by atoms with Crippen LogP contribution in [0.15, 0.2) is 30.5 Å². The van der Waals surface area contributed by atoms with Crippen LogP contribution in [0.4, 0.5) is 0 Å². The van der Waals surface area contributed by atoms with Crippen molar-refractivity contribution in [2.75, 3.05) is 0 Å². The average molecular weight is 314 g/mol. The van der Waals surface area contributed by atoms with Gasteiger partial charge >= 0.3 is 7.12 Å². The van der Waals surface area contributed by atoms with Gasteiger partial charge in [-0.3, -0.25) is 9.36 Å². The van der Waals surface area contributed by atoms with E-state index in [1.54, 1.807) is 10.8 Å². The quantitative estimate of drug-likeness (QED) is 0.866. The Morgan fingerprint density at radius 2 is 1.74 bits per heavy atom. The van der Waals surface area contributed by atoms with Crippen molar-refractivity contribution in [3.05, 3.63) is 36.0 Å². The van der Waals surface area contributed by atoms with Crippen molar-refractivity contribution >= 4 is 23.9 Å². The molecule has 2 heterocycles. The highest BCUT2D eigenvalue weighted by molar-refractivity contribution is 6.47. The molecule has 2 aromatic rings. The van der Waals surface area contributed by atoms with Crippen LogP contribution in [0.2, 0.25) is 0 Å². The molecule has 0 saturated carbocycles. The minimum absolute atomic E-state index is 0.0476. The van der Waals surface area contributed by atoms with Crippen LogP contribution >= 0.6 is 0 Å². The molecular weight excluding hydrogens is 291 g/mol. The Hall–Kier alpha value is -1.63. The third kappa shape index (κ3) is 2.51. The highest BCUT2D eigenvalue weighted by atomic mass is 16.7. The Balaban J connectivity index is 2.03. The summed E-state index contributed by atoms with van der Waals surface area (Å²) in [5.41, 5.74) is 7.28. The lowest BCUT2D eigenvalue weighted by atomic mass is 9.75. The van der Waals surface area contributed by atoms with E-state index in [4.69, 9.17) is 15.0 Å². The number of aromatic nitrogens is 1. The van der Waals surface area contributed by atoms with Crippen molar-refractivity contribution in [2.45, 2.75) is 51.8 Å². The van der Waals surface area contributed by atoms with Gasteiger partial charge in [0, 0.05) is 18.5 Å². The van der Waals surface area contributed by atoms with Crippen LogP contribution in [-0.4, -0.2) is 28.8 Å². The van der Waals surface area contributed by atoms with Crippen molar-refractivity contribution in [1.82, 2.24) is 4.57 Å². The molecule has 6 heteroatoms. The van der Waals surface area contributed by atoms with Crippen LogP contribution in [0.3, 0.4) is 0 Å². The monoisotopic (exact) mass is 314 g/mol. The summed E-state index contributed by atoms with van der Waals surface area (Å²) in [5, 5.41) is 0.949. The molecule has 1 aromatic carbocycles. The van der Waals surface area contributed by atoms with Gasteiger partial charge in [0.1, 0.15) is 0 Å². The van der Waals surface area contributed by atoms with Gasteiger partial charge in [0.25, 0.3) is 0 Å². The number of carbonyl (C=O) groups is 1. The maximum Gasteiger partial charge on any atom is 0.480 e. The van der Waals surface area contributed by atoms with Crippen LogP contribution in [0.25, 0.3) is 10.9 Å². The minimum Gasteiger partial charge on any atom is -0.402 e. The molecule has 1 atom stereocenters. The molecule has 0 aliphatic carbocycles. The van der Waals surface area contributed by atoms with Gasteiger partial charge < -0.3 is 15.0 Å². The average Bonchev–Trinajstić information content (AvgIpc) is 2.94. The lowest BCUT2D eigenvalue weighted by Gasteiger charge is -2.32. The summed E-state index contributed by atoms with van der Waals surface area (Å²) in [6, 6.07) is 7.73. The van der Waals surface area contributed by atoms with Crippen molar-refractivity contribution in [1.29, 1.82) is 0 Å². The van der Waals surface area contributed by atoms with Gasteiger partial charge in [0.05, 0.1) is 22.7 Å². The van der Waals surface area contributed by atoms with Crippen LogP contribution in [-0.2, 0) is 9.31 Å². The van der Waals surface area contributed by atoms with Gasteiger partial charge in [-0.05, 0) is 39.3 Å².